The molecule has 0 heterocycles. The molecule has 0 aliphatic carbocycles. The van der Waals surface area contributed by atoms with Gasteiger partial charge in [-0.2, -0.15) is 0 Å². The molecule has 5 nitrogen and oxygen atoms in total. The first kappa shape index (κ1) is 14.7. The lowest BCUT2D eigenvalue weighted by molar-refractivity contribution is -0.119. The molecule has 0 fully saturated rings. The summed E-state index contributed by atoms with van der Waals surface area (Å²) >= 11 is 3.88. The van der Waals surface area contributed by atoms with Crippen LogP contribution < -0.4 is 14.8 Å². The van der Waals surface area contributed by atoms with Crippen molar-refractivity contribution in [3.63, 3.8) is 0 Å². The number of nitrogens with two attached hydrogens (primary N) is 1. The van der Waals surface area contributed by atoms with Crippen LogP contribution in [0.1, 0.15) is 25.7 Å². The summed E-state index contributed by atoms with van der Waals surface area (Å²) < 4.78 is 2.38. The van der Waals surface area contributed by atoms with Crippen molar-refractivity contribution in [1.29, 1.82) is 0 Å². The van der Waals surface area contributed by atoms with Gasteiger partial charge >= 0.3 is 0 Å². The Morgan fingerprint density at radius 1 is 1.20 bits per heavy atom. The number of amides is 2. The molecule has 0 bridgehead atoms. The van der Waals surface area contributed by atoms with Crippen LogP contribution in [-0.2, 0) is 9.59 Å². The Morgan fingerprint density at radius 3 is 2.53 bits per heavy atom. The Balaban J connectivity index is 3.18. The summed E-state index contributed by atoms with van der Waals surface area (Å²) in [6, 6.07) is 0. The van der Waals surface area contributed by atoms with Crippen molar-refractivity contribution in [3.8, 4) is 0 Å². The second-order valence-corrected chi connectivity index (χ2v) is 4.01. The molecule has 88 valence electrons. The zero-order valence-corrected chi connectivity index (χ0v) is 10.8. The molecular formula is C8H16BrN3O2S. The minimum atomic E-state index is -0.0410. The van der Waals surface area contributed by atoms with Gasteiger partial charge in [0.25, 0.3) is 0 Å². The minimum Gasteiger partial charge on any atom is -0.355 e. The Hall–Kier alpha value is -0.270. The lowest BCUT2D eigenvalue weighted by Gasteiger charge is -2.03. The molecule has 0 aliphatic rings. The van der Waals surface area contributed by atoms with Crippen LogP contribution in [0.25, 0.3) is 0 Å². The van der Waals surface area contributed by atoms with Gasteiger partial charge in [-0.25, -0.2) is 0 Å². The van der Waals surface area contributed by atoms with Gasteiger partial charge in [-0.3, -0.25) is 19.1 Å². The first-order chi connectivity index (χ1) is 7.20. The van der Waals surface area contributed by atoms with Crippen molar-refractivity contribution in [3.05, 3.63) is 0 Å². The molecule has 0 rings (SSSR count). The van der Waals surface area contributed by atoms with Gasteiger partial charge in [0, 0.05) is 29.1 Å². The van der Waals surface area contributed by atoms with Gasteiger partial charge < -0.3 is 5.32 Å². The smallest absolute Gasteiger partial charge is 0.231 e. The van der Waals surface area contributed by atoms with Crippen molar-refractivity contribution >= 4 is 39.9 Å². The Labute approximate surface area is 102 Å². The maximum Gasteiger partial charge on any atom is 0.231 e. The van der Waals surface area contributed by atoms with E-state index in [-0.39, 0.29) is 11.8 Å². The van der Waals surface area contributed by atoms with Gasteiger partial charge in [0.2, 0.25) is 11.8 Å². The molecule has 4 N–H and O–H groups in total. The minimum absolute atomic E-state index is 0.0152. The van der Waals surface area contributed by atoms with Crippen LogP contribution in [0.15, 0.2) is 0 Å². The normalized spacial score (nSPS) is 9.73. The molecule has 0 aromatic heterocycles. The molecule has 7 heteroatoms. The second kappa shape index (κ2) is 10.3. The quantitative estimate of drug-likeness (QED) is 0.350. The fourth-order valence-corrected chi connectivity index (χ4v) is 1.44. The topological polar surface area (TPSA) is 84.2 Å². The Kier molecular flexibility index (Phi) is 10.1. The Bertz CT molecular complexity index is 204. The third-order valence-electron chi connectivity index (χ3n) is 1.72. The number of carbonyl (C=O) groups is 2. The van der Waals surface area contributed by atoms with Gasteiger partial charge in [0.05, 0.1) is 5.75 Å². The zero-order valence-electron chi connectivity index (χ0n) is 8.42. The lowest BCUT2D eigenvalue weighted by atomic mass is 10.2. The first-order valence-electron chi connectivity index (χ1n) is 4.68. The summed E-state index contributed by atoms with van der Waals surface area (Å²) in [6.07, 6.45) is 3.16. The van der Waals surface area contributed by atoms with E-state index in [4.69, 9.17) is 5.14 Å². The average molecular weight is 298 g/mol. The van der Waals surface area contributed by atoms with Crippen LogP contribution in [0.3, 0.4) is 0 Å². The van der Waals surface area contributed by atoms with Crippen molar-refractivity contribution in [2.24, 2.45) is 5.14 Å². The van der Waals surface area contributed by atoms with Crippen LogP contribution in [0.5, 0.6) is 0 Å². The van der Waals surface area contributed by atoms with E-state index in [0.29, 0.717) is 18.7 Å². The van der Waals surface area contributed by atoms with Gasteiger partial charge in [-0.1, -0.05) is 18.4 Å². The van der Waals surface area contributed by atoms with Gasteiger partial charge in [-0.05, 0) is 12.8 Å². The first-order valence-corrected chi connectivity index (χ1v) is 6.52. The van der Waals surface area contributed by atoms with Crippen LogP contribution in [-0.4, -0.2) is 24.1 Å². The van der Waals surface area contributed by atoms with Gasteiger partial charge in [0.15, 0.2) is 0 Å². The highest BCUT2D eigenvalue weighted by Crippen LogP contribution is 1.99. The van der Waals surface area contributed by atoms with E-state index in [0.717, 1.165) is 31.2 Å². The predicted octanol–water partition coefficient (Wildman–Crippen LogP) is 0.696. The molecular weight excluding hydrogens is 282 g/mol. The SMILES string of the molecule is NSCC(=O)NCCCCCC(=O)NBr. The fraction of sp³-hybridized carbons (Fsp3) is 0.750. The largest absolute Gasteiger partial charge is 0.355 e. The standard InChI is InChI=1S/C8H16BrN3O2S/c9-12-7(13)4-2-1-3-5-11-8(14)6-15-10/h1-6,10H2,(H,11,14)(H,12,13). The van der Waals surface area contributed by atoms with E-state index >= 15 is 0 Å². The summed E-state index contributed by atoms with van der Waals surface area (Å²) in [5, 5.41) is 7.87. The maximum atomic E-state index is 10.9. The number of hydrogen-bond donors (Lipinski definition) is 3. The number of nitrogens with one attached hydrogen (secondary N) is 2. The summed E-state index contributed by atoms with van der Waals surface area (Å²) in [4.78, 5) is 21.7. The lowest BCUT2D eigenvalue weighted by Crippen LogP contribution is -2.26. The van der Waals surface area contributed by atoms with Gasteiger partial charge in [-0.15, -0.1) is 0 Å². The fourth-order valence-electron chi connectivity index (χ4n) is 0.989. The molecule has 0 saturated heterocycles. The Morgan fingerprint density at radius 2 is 1.93 bits per heavy atom. The molecule has 0 aliphatic heterocycles. The summed E-state index contributed by atoms with van der Waals surface area (Å²) in [5.74, 6) is 0.241. The van der Waals surface area contributed by atoms with Crippen molar-refractivity contribution in [1.82, 2.24) is 9.66 Å². The van der Waals surface area contributed by atoms with Crippen LogP contribution in [0, 0.1) is 0 Å². The van der Waals surface area contributed by atoms with E-state index < -0.39 is 0 Å². The monoisotopic (exact) mass is 297 g/mol. The average Bonchev–Trinajstić information content (AvgIpc) is 2.23. The number of rotatable bonds is 8. The van der Waals surface area contributed by atoms with E-state index in [2.05, 4.69) is 25.8 Å². The highest BCUT2D eigenvalue weighted by Gasteiger charge is 2.00. The van der Waals surface area contributed by atoms with Crippen LogP contribution in [0.4, 0.5) is 0 Å². The molecule has 0 atom stereocenters. The van der Waals surface area contributed by atoms with E-state index in [1.807, 2.05) is 0 Å². The number of hydrogen-bond acceptors (Lipinski definition) is 4. The number of carbonyl (C=O) groups excluding carboxylic acids is 2. The van der Waals surface area contributed by atoms with Crippen LogP contribution in [0.2, 0.25) is 0 Å². The van der Waals surface area contributed by atoms with E-state index in [1.165, 1.54) is 0 Å². The highest BCUT2D eigenvalue weighted by atomic mass is 79.9. The highest BCUT2D eigenvalue weighted by molar-refractivity contribution is 9.08. The molecule has 15 heavy (non-hydrogen) atoms. The molecule has 0 radical (unpaired) electrons. The van der Waals surface area contributed by atoms with Crippen molar-refractivity contribution in [2.45, 2.75) is 25.7 Å². The van der Waals surface area contributed by atoms with E-state index in [1.54, 1.807) is 0 Å². The summed E-state index contributed by atoms with van der Waals surface area (Å²) in [5.41, 5.74) is 0. The molecule has 2 amide bonds. The second-order valence-electron chi connectivity index (χ2n) is 2.99. The molecule has 0 aromatic carbocycles. The third-order valence-corrected chi connectivity index (χ3v) is 2.59. The summed E-state index contributed by atoms with van der Waals surface area (Å²) in [7, 11) is 0. The third kappa shape index (κ3) is 10.0. The summed E-state index contributed by atoms with van der Waals surface area (Å²) in [6.45, 7) is 0.648. The molecule has 0 unspecified atom stereocenters. The number of halogens is 1. The van der Waals surface area contributed by atoms with Crippen LogP contribution >= 0.6 is 28.1 Å². The van der Waals surface area contributed by atoms with E-state index in [9.17, 15) is 9.59 Å². The van der Waals surface area contributed by atoms with Crippen molar-refractivity contribution < 1.29 is 9.59 Å². The molecule has 0 aromatic rings. The molecule has 0 saturated carbocycles. The predicted molar refractivity (Wildman–Crippen MR) is 65.2 cm³/mol. The van der Waals surface area contributed by atoms with Crippen molar-refractivity contribution in [2.75, 3.05) is 12.3 Å². The maximum absolute atomic E-state index is 10.9. The van der Waals surface area contributed by atoms with Gasteiger partial charge in [0.1, 0.15) is 0 Å². The number of unbranched alkanes of at least 4 members (excludes halogenated alkanes) is 2. The molecule has 0 spiro atoms. The zero-order chi connectivity index (χ0) is 11.5.